The van der Waals surface area contributed by atoms with Crippen molar-refractivity contribution >= 4 is 5.65 Å². The van der Waals surface area contributed by atoms with Gasteiger partial charge in [0.25, 0.3) is 5.56 Å². The number of fused-ring (bicyclic) bond motifs is 1. The molecule has 5 nitrogen and oxygen atoms in total. The lowest BCUT2D eigenvalue weighted by molar-refractivity contribution is 0.415. The maximum atomic E-state index is 14.2. The number of aryl methyl sites for hydroxylation is 1. The van der Waals surface area contributed by atoms with Crippen molar-refractivity contribution in [2.24, 2.45) is 0 Å². The van der Waals surface area contributed by atoms with Gasteiger partial charge in [-0.15, -0.1) is 0 Å². The molecule has 0 aliphatic heterocycles. The third-order valence-electron chi connectivity index (χ3n) is 4.38. The molecule has 0 unspecified atom stereocenters. The van der Waals surface area contributed by atoms with Crippen molar-refractivity contribution < 1.29 is 9.13 Å². The van der Waals surface area contributed by atoms with Gasteiger partial charge < -0.3 is 4.74 Å². The zero-order chi connectivity index (χ0) is 19.0. The summed E-state index contributed by atoms with van der Waals surface area (Å²) in [6.07, 6.45) is 0. The van der Waals surface area contributed by atoms with Gasteiger partial charge in [0.1, 0.15) is 11.6 Å². The minimum Gasteiger partial charge on any atom is -0.497 e. The smallest absolute Gasteiger partial charge is 0.275 e. The Morgan fingerprint density at radius 1 is 1.00 bits per heavy atom. The zero-order valence-corrected chi connectivity index (χ0v) is 14.8. The summed E-state index contributed by atoms with van der Waals surface area (Å²) in [4.78, 5) is 17.1. The van der Waals surface area contributed by atoms with Gasteiger partial charge in [0.05, 0.1) is 18.5 Å². The number of rotatable bonds is 3. The number of hydrogen-bond donors (Lipinski definition) is 0. The van der Waals surface area contributed by atoms with Crippen LogP contribution in [0.1, 0.15) is 5.69 Å². The predicted octanol–water partition coefficient (Wildman–Crippen LogP) is 3.88. The number of methoxy groups -OCH3 is 1. The average molecular weight is 361 g/mol. The Labute approximate surface area is 154 Å². The van der Waals surface area contributed by atoms with Crippen LogP contribution in [0.25, 0.3) is 28.0 Å². The molecule has 0 fully saturated rings. The Morgan fingerprint density at radius 3 is 2.44 bits per heavy atom. The topological polar surface area (TPSA) is 56.5 Å². The Morgan fingerprint density at radius 2 is 1.74 bits per heavy atom. The molecule has 0 bridgehead atoms. The number of halogens is 1. The van der Waals surface area contributed by atoms with Crippen LogP contribution in [0.5, 0.6) is 5.75 Å². The fourth-order valence-corrected chi connectivity index (χ4v) is 2.99. The van der Waals surface area contributed by atoms with Gasteiger partial charge in [-0.3, -0.25) is 4.79 Å². The molecule has 27 heavy (non-hydrogen) atoms. The molecular formula is C21H16FN3O2. The van der Waals surface area contributed by atoms with Crippen molar-refractivity contribution in [1.29, 1.82) is 0 Å². The number of nitrogens with zero attached hydrogens (tertiary/aromatic N) is 3. The normalized spacial score (nSPS) is 10.9. The Kier molecular flexibility index (Phi) is 4.16. The van der Waals surface area contributed by atoms with Gasteiger partial charge in [-0.25, -0.2) is 9.37 Å². The van der Waals surface area contributed by atoms with E-state index in [9.17, 15) is 9.18 Å². The Hall–Kier alpha value is -3.54. The molecule has 0 atom stereocenters. The molecule has 134 valence electrons. The van der Waals surface area contributed by atoms with E-state index in [1.165, 1.54) is 16.6 Å². The largest absolute Gasteiger partial charge is 0.497 e. The fourth-order valence-electron chi connectivity index (χ4n) is 2.99. The molecule has 4 aromatic rings. The van der Waals surface area contributed by atoms with Gasteiger partial charge in [0.2, 0.25) is 0 Å². The van der Waals surface area contributed by atoms with E-state index in [0.29, 0.717) is 28.2 Å². The first kappa shape index (κ1) is 16.9. The summed E-state index contributed by atoms with van der Waals surface area (Å²) < 4.78 is 20.6. The third-order valence-corrected chi connectivity index (χ3v) is 4.38. The molecule has 0 aliphatic rings. The summed E-state index contributed by atoms with van der Waals surface area (Å²) in [7, 11) is 1.59. The van der Waals surface area contributed by atoms with E-state index in [-0.39, 0.29) is 11.4 Å². The zero-order valence-electron chi connectivity index (χ0n) is 14.8. The van der Waals surface area contributed by atoms with Crippen LogP contribution in [0.3, 0.4) is 0 Å². The average Bonchev–Trinajstić information content (AvgIpc) is 2.69. The van der Waals surface area contributed by atoms with E-state index in [1.54, 1.807) is 50.4 Å². The summed E-state index contributed by atoms with van der Waals surface area (Å²) in [6, 6.07) is 16.9. The van der Waals surface area contributed by atoms with Crippen molar-refractivity contribution in [1.82, 2.24) is 14.6 Å². The molecule has 0 aliphatic carbocycles. The van der Waals surface area contributed by atoms with E-state index in [1.807, 2.05) is 12.1 Å². The summed E-state index contributed by atoms with van der Waals surface area (Å²) in [5, 5.41) is 4.31. The lowest BCUT2D eigenvalue weighted by atomic mass is 10.0. The first-order valence-electron chi connectivity index (χ1n) is 8.38. The van der Waals surface area contributed by atoms with Gasteiger partial charge in [-0.05, 0) is 43.3 Å². The fraction of sp³-hybridized carbons (Fsp3) is 0.0952. The van der Waals surface area contributed by atoms with Crippen molar-refractivity contribution in [3.8, 4) is 28.1 Å². The lowest BCUT2D eigenvalue weighted by Crippen LogP contribution is -2.18. The second kappa shape index (κ2) is 6.64. The minimum absolute atomic E-state index is 0.297. The molecule has 2 heterocycles. The number of aromatic nitrogens is 3. The summed E-state index contributed by atoms with van der Waals surface area (Å²) in [6.45, 7) is 1.74. The van der Waals surface area contributed by atoms with Gasteiger partial charge in [0, 0.05) is 22.8 Å². The van der Waals surface area contributed by atoms with Crippen LogP contribution in [0.2, 0.25) is 0 Å². The van der Waals surface area contributed by atoms with Crippen LogP contribution in [0, 0.1) is 12.7 Å². The molecule has 0 amide bonds. The molecule has 0 radical (unpaired) electrons. The molecule has 2 aromatic carbocycles. The van der Waals surface area contributed by atoms with Crippen LogP contribution < -0.4 is 10.3 Å². The van der Waals surface area contributed by atoms with E-state index >= 15 is 0 Å². The molecular weight excluding hydrogens is 345 g/mol. The van der Waals surface area contributed by atoms with Crippen molar-refractivity contribution in [2.75, 3.05) is 7.11 Å². The number of hydrogen-bond acceptors (Lipinski definition) is 4. The highest BCUT2D eigenvalue weighted by atomic mass is 19.1. The van der Waals surface area contributed by atoms with E-state index in [4.69, 9.17) is 4.74 Å². The highest BCUT2D eigenvalue weighted by Gasteiger charge is 2.13. The quantitative estimate of drug-likeness (QED) is 0.556. The predicted molar refractivity (Wildman–Crippen MR) is 101 cm³/mol. The number of ether oxygens (including phenoxy) is 1. The van der Waals surface area contributed by atoms with Crippen molar-refractivity contribution in [3.63, 3.8) is 0 Å². The number of benzene rings is 2. The van der Waals surface area contributed by atoms with Gasteiger partial charge >= 0.3 is 0 Å². The van der Waals surface area contributed by atoms with E-state index in [0.717, 1.165) is 11.3 Å². The standard InChI is InChI=1S/C21H16FN3O2/c1-13-17(16-5-3-4-6-18(16)22)11-20-23-19(12-21(26)25(20)24-13)14-7-9-15(27-2)10-8-14/h3-12H,1-2H3. The molecule has 0 saturated carbocycles. The maximum absolute atomic E-state index is 14.2. The second-order valence-corrected chi connectivity index (χ2v) is 6.10. The lowest BCUT2D eigenvalue weighted by Gasteiger charge is -2.10. The SMILES string of the molecule is COc1ccc(-c2cc(=O)n3nc(C)c(-c4ccccc4F)cc3n2)cc1. The van der Waals surface area contributed by atoms with Gasteiger partial charge in [-0.2, -0.15) is 9.61 Å². The highest BCUT2D eigenvalue weighted by Crippen LogP contribution is 2.26. The maximum Gasteiger partial charge on any atom is 0.275 e. The molecule has 0 saturated heterocycles. The Bertz CT molecular complexity index is 1200. The van der Waals surface area contributed by atoms with Crippen molar-refractivity contribution in [2.45, 2.75) is 6.92 Å². The molecule has 0 spiro atoms. The first-order valence-corrected chi connectivity index (χ1v) is 8.38. The minimum atomic E-state index is -0.347. The van der Waals surface area contributed by atoms with E-state index in [2.05, 4.69) is 10.1 Å². The van der Waals surface area contributed by atoms with Gasteiger partial charge in [0.15, 0.2) is 5.65 Å². The summed E-state index contributed by atoms with van der Waals surface area (Å²) >= 11 is 0. The van der Waals surface area contributed by atoms with Crippen LogP contribution >= 0.6 is 0 Å². The van der Waals surface area contributed by atoms with Crippen molar-refractivity contribution in [3.05, 3.63) is 82.5 Å². The molecule has 4 rings (SSSR count). The first-order chi connectivity index (χ1) is 13.1. The third kappa shape index (κ3) is 3.06. The summed E-state index contributed by atoms with van der Waals surface area (Å²) in [5.41, 5.74) is 2.94. The highest BCUT2D eigenvalue weighted by molar-refractivity contribution is 5.71. The van der Waals surface area contributed by atoms with Crippen LogP contribution in [0.15, 0.2) is 65.5 Å². The van der Waals surface area contributed by atoms with Crippen LogP contribution in [-0.4, -0.2) is 21.7 Å². The molecule has 6 heteroatoms. The molecule has 0 N–H and O–H groups in total. The van der Waals surface area contributed by atoms with Crippen LogP contribution in [-0.2, 0) is 0 Å². The van der Waals surface area contributed by atoms with Crippen LogP contribution in [0.4, 0.5) is 4.39 Å². The van der Waals surface area contributed by atoms with Gasteiger partial charge in [-0.1, -0.05) is 18.2 Å². The summed E-state index contributed by atoms with van der Waals surface area (Å²) in [5.74, 6) is 0.371. The Balaban J connectivity index is 1.91. The monoisotopic (exact) mass is 361 g/mol. The second-order valence-electron chi connectivity index (χ2n) is 6.10. The molecule has 2 aromatic heterocycles. The van der Waals surface area contributed by atoms with E-state index < -0.39 is 0 Å².